The zero-order chi connectivity index (χ0) is 20.5. The summed E-state index contributed by atoms with van der Waals surface area (Å²) >= 11 is 0. The molecule has 0 unspecified atom stereocenters. The average molecular weight is 402 g/mol. The molecule has 7 heteroatoms. The summed E-state index contributed by atoms with van der Waals surface area (Å²) in [6, 6.07) is 9.09. The van der Waals surface area contributed by atoms with Gasteiger partial charge in [-0.05, 0) is 24.8 Å². The molecule has 1 atom stereocenters. The Morgan fingerprint density at radius 1 is 1.14 bits per heavy atom. The maximum Gasteiger partial charge on any atom is 0.245 e. The minimum absolute atomic E-state index is 0.0165. The van der Waals surface area contributed by atoms with Crippen LogP contribution in [-0.4, -0.2) is 61.5 Å². The van der Waals surface area contributed by atoms with Gasteiger partial charge in [-0.15, -0.1) is 0 Å². The number of amides is 3. The lowest BCUT2D eigenvalue weighted by atomic mass is 9.84. The molecule has 2 aliphatic rings. The van der Waals surface area contributed by atoms with E-state index in [1.807, 2.05) is 30.3 Å². The van der Waals surface area contributed by atoms with Crippen molar-refractivity contribution < 1.29 is 19.1 Å². The Bertz CT molecular complexity index is 691. The Balaban J connectivity index is 1.70. The molecule has 0 spiro atoms. The van der Waals surface area contributed by atoms with E-state index in [-0.39, 0.29) is 30.1 Å². The summed E-state index contributed by atoms with van der Waals surface area (Å²) in [6.07, 6.45) is 4.24. The predicted octanol–water partition coefficient (Wildman–Crippen LogP) is 1.27. The molecular weight excluding hydrogens is 370 g/mol. The molecule has 7 nitrogen and oxygen atoms in total. The van der Waals surface area contributed by atoms with Crippen LogP contribution in [0, 0.1) is 5.92 Å². The second-order valence-electron chi connectivity index (χ2n) is 7.77. The number of nitrogens with zero attached hydrogens (tertiary/aromatic N) is 1. The third-order valence-electron chi connectivity index (χ3n) is 5.58. The number of benzene rings is 1. The third kappa shape index (κ3) is 6.56. The number of nitrogens with one attached hydrogen (secondary N) is 2. The standard InChI is InChI=1S/C22H31N3O4/c26-20-10-13-25(12-5-14-29-15-11-23-20)22(28)19(16-17-6-2-1-3-7-17)24-21(27)18-8-4-9-18/h1-3,6-7,18-19H,4-5,8-16H2,(H,23,26)(H,24,27)/t19-/m0/s1. The molecule has 1 heterocycles. The van der Waals surface area contributed by atoms with Crippen LogP contribution < -0.4 is 10.6 Å². The van der Waals surface area contributed by atoms with Crippen LogP contribution in [0.5, 0.6) is 0 Å². The van der Waals surface area contributed by atoms with Gasteiger partial charge < -0.3 is 20.3 Å². The Labute approximate surface area is 172 Å². The van der Waals surface area contributed by atoms with Crippen molar-refractivity contribution in [3.8, 4) is 0 Å². The van der Waals surface area contributed by atoms with Gasteiger partial charge in [0.1, 0.15) is 6.04 Å². The monoisotopic (exact) mass is 401 g/mol. The van der Waals surface area contributed by atoms with Crippen LogP contribution in [0.3, 0.4) is 0 Å². The molecule has 1 aliphatic carbocycles. The summed E-state index contributed by atoms with van der Waals surface area (Å²) < 4.78 is 5.49. The van der Waals surface area contributed by atoms with Gasteiger partial charge in [-0.3, -0.25) is 14.4 Å². The first kappa shape index (κ1) is 21.3. The summed E-state index contributed by atoms with van der Waals surface area (Å²) in [4.78, 5) is 39.6. The summed E-state index contributed by atoms with van der Waals surface area (Å²) in [5.41, 5.74) is 0.999. The van der Waals surface area contributed by atoms with E-state index < -0.39 is 6.04 Å². The van der Waals surface area contributed by atoms with Crippen molar-refractivity contribution in [2.45, 2.75) is 44.6 Å². The maximum absolute atomic E-state index is 13.4. The van der Waals surface area contributed by atoms with Gasteiger partial charge in [-0.2, -0.15) is 0 Å². The third-order valence-corrected chi connectivity index (χ3v) is 5.58. The number of carbonyl (C=O) groups is 3. The fraction of sp³-hybridized carbons (Fsp3) is 0.591. The number of hydrogen-bond donors (Lipinski definition) is 2. The Hall–Kier alpha value is -2.41. The molecule has 0 bridgehead atoms. The van der Waals surface area contributed by atoms with Crippen LogP contribution >= 0.6 is 0 Å². The van der Waals surface area contributed by atoms with Crippen molar-refractivity contribution in [3.63, 3.8) is 0 Å². The fourth-order valence-electron chi connectivity index (χ4n) is 3.61. The SMILES string of the molecule is O=C1CCN(C(=O)[C@H](Cc2ccccc2)NC(=O)C2CCC2)CCCOCCN1. The lowest BCUT2D eigenvalue weighted by Gasteiger charge is -2.31. The van der Waals surface area contributed by atoms with E-state index in [2.05, 4.69) is 10.6 Å². The molecule has 1 saturated carbocycles. The fourth-order valence-corrected chi connectivity index (χ4v) is 3.61. The zero-order valence-corrected chi connectivity index (χ0v) is 16.9. The highest BCUT2D eigenvalue weighted by atomic mass is 16.5. The molecule has 158 valence electrons. The average Bonchev–Trinajstić information content (AvgIpc) is 2.72. The molecule has 1 aromatic rings. The van der Waals surface area contributed by atoms with E-state index >= 15 is 0 Å². The van der Waals surface area contributed by atoms with Crippen molar-refractivity contribution in [3.05, 3.63) is 35.9 Å². The Morgan fingerprint density at radius 3 is 2.66 bits per heavy atom. The Morgan fingerprint density at radius 2 is 1.93 bits per heavy atom. The highest BCUT2D eigenvalue weighted by Gasteiger charge is 2.31. The van der Waals surface area contributed by atoms with Crippen LogP contribution in [0.1, 0.15) is 37.7 Å². The number of ether oxygens (including phenoxy) is 1. The highest BCUT2D eigenvalue weighted by Crippen LogP contribution is 2.26. The minimum Gasteiger partial charge on any atom is -0.380 e. The van der Waals surface area contributed by atoms with Gasteiger partial charge >= 0.3 is 0 Å². The molecule has 1 aliphatic heterocycles. The summed E-state index contributed by atoms with van der Waals surface area (Å²) in [6.45, 7) is 2.36. The molecular formula is C22H31N3O4. The number of hydrogen-bond acceptors (Lipinski definition) is 4. The van der Waals surface area contributed by atoms with Crippen molar-refractivity contribution in [1.82, 2.24) is 15.5 Å². The van der Waals surface area contributed by atoms with Crippen LogP contribution in [0.25, 0.3) is 0 Å². The number of rotatable bonds is 5. The molecule has 0 radical (unpaired) electrons. The van der Waals surface area contributed by atoms with Crippen LogP contribution in [0.2, 0.25) is 0 Å². The Kier molecular flexibility index (Phi) is 8.04. The van der Waals surface area contributed by atoms with Crippen LogP contribution in [-0.2, 0) is 25.5 Å². The molecule has 1 aromatic carbocycles. The quantitative estimate of drug-likeness (QED) is 0.778. The minimum atomic E-state index is -0.625. The van der Waals surface area contributed by atoms with Gasteiger partial charge in [0.25, 0.3) is 0 Å². The first-order chi connectivity index (χ1) is 14.1. The second-order valence-corrected chi connectivity index (χ2v) is 7.77. The molecule has 29 heavy (non-hydrogen) atoms. The summed E-state index contributed by atoms with van der Waals surface area (Å²) in [7, 11) is 0. The number of carbonyl (C=O) groups excluding carboxylic acids is 3. The van der Waals surface area contributed by atoms with E-state index in [0.29, 0.717) is 45.7 Å². The van der Waals surface area contributed by atoms with Crippen LogP contribution in [0.15, 0.2) is 30.3 Å². The van der Waals surface area contributed by atoms with E-state index in [9.17, 15) is 14.4 Å². The highest BCUT2D eigenvalue weighted by molar-refractivity contribution is 5.89. The van der Waals surface area contributed by atoms with Gasteiger partial charge in [0.15, 0.2) is 0 Å². The largest absolute Gasteiger partial charge is 0.380 e. The van der Waals surface area contributed by atoms with Gasteiger partial charge in [0.05, 0.1) is 6.61 Å². The molecule has 2 N–H and O–H groups in total. The van der Waals surface area contributed by atoms with Crippen molar-refractivity contribution >= 4 is 17.7 Å². The van der Waals surface area contributed by atoms with Gasteiger partial charge in [0, 0.05) is 45.0 Å². The maximum atomic E-state index is 13.4. The van der Waals surface area contributed by atoms with Gasteiger partial charge in [0.2, 0.25) is 17.7 Å². The van der Waals surface area contributed by atoms with E-state index in [4.69, 9.17) is 4.74 Å². The molecule has 0 aromatic heterocycles. The topological polar surface area (TPSA) is 87.7 Å². The zero-order valence-electron chi connectivity index (χ0n) is 16.9. The van der Waals surface area contributed by atoms with Gasteiger partial charge in [-0.25, -0.2) is 0 Å². The van der Waals surface area contributed by atoms with Crippen LogP contribution in [0.4, 0.5) is 0 Å². The van der Waals surface area contributed by atoms with E-state index in [1.54, 1.807) is 4.90 Å². The smallest absolute Gasteiger partial charge is 0.245 e. The predicted molar refractivity (Wildman–Crippen MR) is 109 cm³/mol. The molecule has 2 fully saturated rings. The summed E-state index contributed by atoms with van der Waals surface area (Å²) in [5.74, 6) is -0.243. The second kappa shape index (κ2) is 11.0. The van der Waals surface area contributed by atoms with Crippen molar-refractivity contribution in [1.29, 1.82) is 0 Å². The molecule has 3 amide bonds. The van der Waals surface area contributed by atoms with E-state index in [1.165, 1.54) is 0 Å². The van der Waals surface area contributed by atoms with Crippen molar-refractivity contribution in [2.75, 3.05) is 32.8 Å². The normalized spacial score (nSPS) is 20.0. The van der Waals surface area contributed by atoms with E-state index in [0.717, 1.165) is 24.8 Å². The first-order valence-corrected chi connectivity index (χ1v) is 10.6. The summed E-state index contributed by atoms with van der Waals surface area (Å²) in [5, 5.41) is 5.79. The molecule has 1 saturated heterocycles. The lowest BCUT2D eigenvalue weighted by molar-refractivity contribution is -0.138. The van der Waals surface area contributed by atoms with Crippen molar-refractivity contribution in [2.24, 2.45) is 5.92 Å². The lowest BCUT2D eigenvalue weighted by Crippen LogP contribution is -2.52. The molecule has 3 rings (SSSR count). The first-order valence-electron chi connectivity index (χ1n) is 10.6. The van der Waals surface area contributed by atoms with Gasteiger partial charge in [-0.1, -0.05) is 36.8 Å².